The van der Waals surface area contributed by atoms with Gasteiger partial charge in [-0.3, -0.25) is 4.79 Å². The molecule has 1 heterocycles. The molecule has 0 spiro atoms. The monoisotopic (exact) mass is 217 g/mol. The summed E-state index contributed by atoms with van der Waals surface area (Å²) >= 11 is 0. The molecule has 0 bridgehead atoms. The normalized spacial score (nSPS) is 16.2. The zero-order chi connectivity index (χ0) is 11.5. The molecule has 0 amide bonds. The fourth-order valence-electron chi connectivity index (χ4n) is 2.43. The lowest BCUT2D eigenvalue weighted by atomic mass is 10.00. The predicted octanol–water partition coefficient (Wildman–Crippen LogP) is 3.11. The molecule has 0 saturated carbocycles. The highest BCUT2D eigenvalue weighted by atomic mass is 16.1. The van der Waals surface area contributed by atoms with Gasteiger partial charge in [0.25, 0.3) is 0 Å². The SMILES string of the molecule is Cc1c(C=O)ccc(N2CCCCC2)c1C. The van der Waals surface area contributed by atoms with Gasteiger partial charge in [0.2, 0.25) is 0 Å². The zero-order valence-corrected chi connectivity index (χ0v) is 10.1. The summed E-state index contributed by atoms with van der Waals surface area (Å²) in [5, 5.41) is 0. The first-order chi connectivity index (χ1) is 7.74. The third-order valence-corrected chi connectivity index (χ3v) is 3.62. The molecular formula is C14H19NO. The molecule has 1 aromatic rings. The fourth-order valence-corrected chi connectivity index (χ4v) is 2.43. The summed E-state index contributed by atoms with van der Waals surface area (Å²) in [7, 11) is 0. The van der Waals surface area contributed by atoms with Crippen molar-refractivity contribution in [2.75, 3.05) is 18.0 Å². The predicted molar refractivity (Wildman–Crippen MR) is 67.4 cm³/mol. The van der Waals surface area contributed by atoms with Gasteiger partial charge in [0, 0.05) is 24.3 Å². The van der Waals surface area contributed by atoms with Gasteiger partial charge in [0.1, 0.15) is 6.29 Å². The van der Waals surface area contributed by atoms with Crippen LogP contribution in [0.4, 0.5) is 5.69 Å². The summed E-state index contributed by atoms with van der Waals surface area (Å²) in [6.45, 7) is 6.46. The van der Waals surface area contributed by atoms with Gasteiger partial charge in [-0.25, -0.2) is 0 Å². The standard InChI is InChI=1S/C14H19NO/c1-11-12(2)14(7-6-13(11)10-16)15-8-4-3-5-9-15/h6-7,10H,3-5,8-9H2,1-2H3. The summed E-state index contributed by atoms with van der Waals surface area (Å²) in [6, 6.07) is 4.04. The molecule has 0 aliphatic carbocycles. The molecule has 0 aromatic heterocycles. The molecule has 16 heavy (non-hydrogen) atoms. The molecule has 1 fully saturated rings. The lowest BCUT2D eigenvalue weighted by Gasteiger charge is -2.30. The Kier molecular flexibility index (Phi) is 3.28. The van der Waals surface area contributed by atoms with Crippen molar-refractivity contribution in [3.8, 4) is 0 Å². The topological polar surface area (TPSA) is 20.3 Å². The first kappa shape index (κ1) is 11.2. The van der Waals surface area contributed by atoms with E-state index in [0.717, 1.165) is 30.5 Å². The third-order valence-electron chi connectivity index (χ3n) is 3.62. The summed E-state index contributed by atoms with van der Waals surface area (Å²) in [6.07, 6.45) is 4.87. The Morgan fingerprint density at radius 1 is 1.06 bits per heavy atom. The van der Waals surface area contributed by atoms with Crippen LogP contribution in [0.5, 0.6) is 0 Å². The number of piperidine rings is 1. The maximum absolute atomic E-state index is 10.9. The Morgan fingerprint density at radius 3 is 2.38 bits per heavy atom. The average Bonchev–Trinajstić information content (AvgIpc) is 2.34. The van der Waals surface area contributed by atoms with Crippen molar-refractivity contribution in [3.63, 3.8) is 0 Å². The van der Waals surface area contributed by atoms with E-state index < -0.39 is 0 Å². The van der Waals surface area contributed by atoms with Crippen LogP contribution in [0.3, 0.4) is 0 Å². The lowest BCUT2D eigenvalue weighted by molar-refractivity contribution is 0.112. The molecule has 1 saturated heterocycles. The van der Waals surface area contributed by atoms with E-state index in [1.54, 1.807) is 0 Å². The van der Waals surface area contributed by atoms with E-state index in [1.807, 2.05) is 13.0 Å². The van der Waals surface area contributed by atoms with Crippen molar-refractivity contribution in [2.45, 2.75) is 33.1 Å². The fraction of sp³-hybridized carbons (Fsp3) is 0.500. The van der Waals surface area contributed by atoms with E-state index in [1.165, 1.54) is 30.5 Å². The second-order valence-electron chi connectivity index (χ2n) is 4.59. The molecule has 0 N–H and O–H groups in total. The highest BCUT2D eigenvalue weighted by molar-refractivity contribution is 5.80. The Bertz CT molecular complexity index is 392. The number of aldehydes is 1. The van der Waals surface area contributed by atoms with Gasteiger partial charge >= 0.3 is 0 Å². The maximum Gasteiger partial charge on any atom is 0.150 e. The van der Waals surface area contributed by atoms with Crippen molar-refractivity contribution in [1.82, 2.24) is 0 Å². The molecule has 86 valence electrons. The van der Waals surface area contributed by atoms with E-state index in [4.69, 9.17) is 0 Å². The minimum Gasteiger partial charge on any atom is -0.371 e. The van der Waals surface area contributed by atoms with Gasteiger partial charge in [-0.05, 0) is 56.4 Å². The van der Waals surface area contributed by atoms with Crippen molar-refractivity contribution in [3.05, 3.63) is 28.8 Å². The van der Waals surface area contributed by atoms with Crippen LogP contribution in [-0.2, 0) is 0 Å². The van der Waals surface area contributed by atoms with E-state index in [-0.39, 0.29) is 0 Å². The summed E-state index contributed by atoms with van der Waals surface area (Å²) in [5.41, 5.74) is 4.51. The van der Waals surface area contributed by atoms with Gasteiger partial charge in [-0.15, -0.1) is 0 Å². The molecule has 1 aliphatic heterocycles. The molecule has 0 radical (unpaired) electrons. The second kappa shape index (κ2) is 4.69. The van der Waals surface area contributed by atoms with Crippen molar-refractivity contribution in [2.24, 2.45) is 0 Å². The number of carbonyl (C=O) groups excluding carboxylic acids is 1. The summed E-state index contributed by atoms with van der Waals surface area (Å²) in [4.78, 5) is 13.3. The Hall–Kier alpha value is -1.31. The molecule has 2 rings (SSSR count). The van der Waals surface area contributed by atoms with E-state index in [9.17, 15) is 4.79 Å². The molecule has 2 nitrogen and oxygen atoms in total. The van der Waals surface area contributed by atoms with Crippen molar-refractivity contribution >= 4 is 12.0 Å². The molecule has 0 atom stereocenters. The number of benzene rings is 1. The minimum absolute atomic E-state index is 0.818. The average molecular weight is 217 g/mol. The number of hydrogen-bond donors (Lipinski definition) is 0. The zero-order valence-electron chi connectivity index (χ0n) is 10.1. The number of anilines is 1. The van der Waals surface area contributed by atoms with Crippen LogP contribution in [0.25, 0.3) is 0 Å². The molecule has 1 aliphatic rings. The lowest BCUT2D eigenvalue weighted by Crippen LogP contribution is -2.30. The van der Waals surface area contributed by atoms with E-state index >= 15 is 0 Å². The van der Waals surface area contributed by atoms with Gasteiger partial charge in [-0.1, -0.05) is 0 Å². The molecule has 2 heteroatoms. The maximum atomic E-state index is 10.9. The summed E-state index contributed by atoms with van der Waals surface area (Å²) < 4.78 is 0. The quantitative estimate of drug-likeness (QED) is 0.709. The molecular weight excluding hydrogens is 198 g/mol. The highest BCUT2D eigenvalue weighted by Crippen LogP contribution is 2.27. The first-order valence-corrected chi connectivity index (χ1v) is 6.04. The number of carbonyl (C=O) groups is 1. The van der Waals surface area contributed by atoms with Crippen LogP contribution < -0.4 is 4.90 Å². The first-order valence-electron chi connectivity index (χ1n) is 6.04. The third kappa shape index (κ3) is 1.97. The van der Waals surface area contributed by atoms with E-state index in [2.05, 4.69) is 17.9 Å². The minimum atomic E-state index is 0.818. The van der Waals surface area contributed by atoms with Gasteiger partial charge < -0.3 is 4.90 Å². The van der Waals surface area contributed by atoms with Crippen LogP contribution >= 0.6 is 0 Å². The molecule has 1 aromatic carbocycles. The van der Waals surface area contributed by atoms with Gasteiger partial charge in [-0.2, -0.15) is 0 Å². The number of nitrogens with zero attached hydrogens (tertiary/aromatic N) is 1. The highest BCUT2D eigenvalue weighted by Gasteiger charge is 2.14. The van der Waals surface area contributed by atoms with Crippen LogP contribution in [0.2, 0.25) is 0 Å². The Labute approximate surface area is 97.3 Å². The van der Waals surface area contributed by atoms with Crippen LogP contribution in [0.1, 0.15) is 40.7 Å². The number of rotatable bonds is 2. The molecule has 0 unspecified atom stereocenters. The van der Waals surface area contributed by atoms with Crippen LogP contribution in [0, 0.1) is 13.8 Å². The largest absolute Gasteiger partial charge is 0.371 e. The van der Waals surface area contributed by atoms with Crippen LogP contribution in [-0.4, -0.2) is 19.4 Å². The van der Waals surface area contributed by atoms with Crippen molar-refractivity contribution < 1.29 is 4.79 Å². The van der Waals surface area contributed by atoms with E-state index in [0.29, 0.717) is 0 Å². The van der Waals surface area contributed by atoms with Gasteiger partial charge in [0.05, 0.1) is 0 Å². The van der Waals surface area contributed by atoms with Crippen molar-refractivity contribution in [1.29, 1.82) is 0 Å². The number of hydrogen-bond acceptors (Lipinski definition) is 2. The van der Waals surface area contributed by atoms with Crippen LogP contribution in [0.15, 0.2) is 12.1 Å². The Morgan fingerprint density at radius 2 is 1.75 bits per heavy atom. The summed E-state index contributed by atoms with van der Waals surface area (Å²) in [5.74, 6) is 0. The van der Waals surface area contributed by atoms with Gasteiger partial charge in [0.15, 0.2) is 0 Å². The second-order valence-corrected chi connectivity index (χ2v) is 4.59. The smallest absolute Gasteiger partial charge is 0.150 e. The Balaban J connectivity index is 2.34.